The largest absolute Gasteiger partial charge is 0.354 e. The minimum Gasteiger partial charge on any atom is -0.354 e. The van der Waals surface area contributed by atoms with E-state index in [1.165, 1.54) is 0 Å². The van der Waals surface area contributed by atoms with Crippen LogP contribution in [0.3, 0.4) is 0 Å². The third kappa shape index (κ3) is 1.81. The Morgan fingerprint density at radius 1 is 1.36 bits per heavy atom. The molecule has 14 heavy (non-hydrogen) atoms. The molecule has 1 heterocycles. The zero-order chi connectivity index (χ0) is 9.97. The molecule has 3 nitrogen and oxygen atoms in total. The van der Waals surface area contributed by atoms with Crippen molar-refractivity contribution in [3.63, 3.8) is 0 Å². The van der Waals surface area contributed by atoms with Crippen LogP contribution in [-0.4, -0.2) is 19.0 Å². The molecule has 0 amide bonds. The highest BCUT2D eigenvalue weighted by molar-refractivity contribution is 5.94. The molecule has 0 fully saturated rings. The van der Waals surface area contributed by atoms with Gasteiger partial charge in [0, 0.05) is 12.6 Å². The monoisotopic (exact) mass is 197 g/mol. The van der Waals surface area contributed by atoms with Crippen molar-refractivity contribution >= 4 is 11.6 Å². The van der Waals surface area contributed by atoms with E-state index in [2.05, 4.69) is 15.6 Å². The summed E-state index contributed by atoms with van der Waals surface area (Å²) in [7, 11) is 0. The van der Waals surface area contributed by atoms with Crippen molar-refractivity contribution in [3.05, 3.63) is 29.8 Å². The van der Waals surface area contributed by atoms with Crippen molar-refractivity contribution in [3.8, 4) is 0 Å². The Kier molecular flexibility index (Phi) is 2.30. The summed E-state index contributed by atoms with van der Waals surface area (Å²) in [6.07, 6.45) is 0. The van der Waals surface area contributed by atoms with Crippen LogP contribution >= 0.6 is 0 Å². The molecular weight excluding hydrogens is 188 g/mol. The van der Waals surface area contributed by atoms with E-state index in [1.807, 2.05) is 0 Å². The third-order valence-corrected chi connectivity index (χ3v) is 1.86. The maximum atomic E-state index is 13.1. The Labute approximate surface area is 79.8 Å². The topological polar surface area (TPSA) is 36.4 Å². The highest BCUT2D eigenvalue weighted by atomic mass is 19.1. The number of anilines is 1. The van der Waals surface area contributed by atoms with Crippen LogP contribution in [0.1, 0.15) is 0 Å². The average Bonchev–Trinajstić information content (AvgIpc) is 2.64. The van der Waals surface area contributed by atoms with E-state index in [-0.39, 0.29) is 5.69 Å². The standard InChI is InChI=1S/C9H9F2N3/c10-6-1-2-7(11)8(5-6)14-9-12-3-4-13-9/h1-2,5H,3-4H2,(H2,12,13,14). The molecule has 0 bridgehead atoms. The van der Waals surface area contributed by atoms with Crippen molar-refractivity contribution < 1.29 is 8.78 Å². The van der Waals surface area contributed by atoms with Gasteiger partial charge in [0.2, 0.25) is 0 Å². The van der Waals surface area contributed by atoms with E-state index in [0.29, 0.717) is 12.5 Å². The van der Waals surface area contributed by atoms with Crippen LogP contribution in [0.5, 0.6) is 0 Å². The number of halogens is 2. The molecule has 74 valence electrons. The first-order valence-electron chi connectivity index (χ1n) is 4.26. The molecule has 1 aromatic carbocycles. The molecule has 0 radical (unpaired) electrons. The lowest BCUT2D eigenvalue weighted by atomic mass is 10.3. The Balaban J connectivity index is 2.19. The molecule has 1 aliphatic heterocycles. The summed E-state index contributed by atoms with van der Waals surface area (Å²) in [5, 5.41) is 5.58. The lowest BCUT2D eigenvalue weighted by Crippen LogP contribution is -2.26. The summed E-state index contributed by atoms with van der Waals surface area (Å²) in [6.45, 7) is 1.37. The molecule has 0 aliphatic carbocycles. The molecule has 1 aromatic rings. The normalized spacial score (nSPS) is 14.9. The van der Waals surface area contributed by atoms with Gasteiger partial charge in [-0.2, -0.15) is 0 Å². The van der Waals surface area contributed by atoms with Crippen LogP contribution in [0.25, 0.3) is 0 Å². The van der Waals surface area contributed by atoms with E-state index < -0.39 is 11.6 Å². The fourth-order valence-corrected chi connectivity index (χ4v) is 1.20. The summed E-state index contributed by atoms with van der Waals surface area (Å²) in [5.41, 5.74) is 0.0955. The maximum absolute atomic E-state index is 13.1. The number of rotatable bonds is 1. The number of hydrogen-bond donors (Lipinski definition) is 2. The van der Waals surface area contributed by atoms with E-state index in [0.717, 1.165) is 24.7 Å². The minimum atomic E-state index is -0.497. The van der Waals surface area contributed by atoms with Gasteiger partial charge >= 0.3 is 0 Å². The minimum absolute atomic E-state index is 0.0955. The molecule has 0 saturated heterocycles. The number of benzene rings is 1. The number of aliphatic imine (C=N–C) groups is 1. The predicted octanol–water partition coefficient (Wildman–Crippen LogP) is 1.34. The number of nitrogens with one attached hydrogen (secondary N) is 2. The van der Waals surface area contributed by atoms with Gasteiger partial charge in [-0.15, -0.1) is 0 Å². The number of guanidine groups is 1. The van der Waals surface area contributed by atoms with Gasteiger partial charge in [0.05, 0.1) is 12.2 Å². The lowest BCUT2D eigenvalue weighted by molar-refractivity contribution is 0.604. The van der Waals surface area contributed by atoms with Crippen molar-refractivity contribution in [1.82, 2.24) is 5.32 Å². The van der Waals surface area contributed by atoms with Gasteiger partial charge in [-0.05, 0) is 12.1 Å². The van der Waals surface area contributed by atoms with Gasteiger partial charge in [0.1, 0.15) is 11.6 Å². The Bertz CT molecular complexity index is 376. The summed E-state index contributed by atoms with van der Waals surface area (Å²) < 4.78 is 25.9. The molecule has 5 heteroatoms. The number of hydrogen-bond acceptors (Lipinski definition) is 3. The van der Waals surface area contributed by atoms with E-state index in [1.54, 1.807) is 0 Å². The molecule has 0 atom stereocenters. The van der Waals surface area contributed by atoms with Crippen LogP contribution in [0.4, 0.5) is 14.5 Å². The van der Waals surface area contributed by atoms with E-state index in [4.69, 9.17) is 0 Å². The van der Waals surface area contributed by atoms with E-state index in [9.17, 15) is 8.78 Å². The Morgan fingerprint density at radius 3 is 2.93 bits per heavy atom. The van der Waals surface area contributed by atoms with Gasteiger partial charge in [0.25, 0.3) is 0 Å². The highest BCUT2D eigenvalue weighted by Gasteiger charge is 2.08. The molecule has 0 aromatic heterocycles. The van der Waals surface area contributed by atoms with Crippen molar-refractivity contribution in [1.29, 1.82) is 0 Å². The third-order valence-electron chi connectivity index (χ3n) is 1.86. The van der Waals surface area contributed by atoms with Crippen LogP contribution in [-0.2, 0) is 0 Å². The van der Waals surface area contributed by atoms with Crippen molar-refractivity contribution in [2.45, 2.75) is 0 Å². The second-order valence-corrected chi connectivity index (χ2v) is 2.91. The second kappa shape index (κ2) is 3.61. The smallest absolute Gasteiger partial charge is 0.196 e. The average molecular weight is 197 g/mol. The van der Waals surface area contributed by atoms with Crippen LogP contribution < -0.4 is 10.6 Å². The predicted molar refractivity (Wildman–Crippen MR) is 50.3 cm³/mol. The van der Waals surface area contributed by atoms with Gasteiger partial charge < -0.3 is 10.6 Å². The van der Waals surface area contributed by atoms with Gasteiger partial charge in [-0.3, -0.25) is 4.99 Å². The molecule has 1 aliphatic rings. The highest BCUT2D eigenvalue weighted by Crippen LogP contribution is 2.15. The summed E-state index contributed by atoms with van der Waals surface area (Å²) in [6, 6.07) is 3.25. The number of nitrogens with zero attached hydrogens (tertiary/aromatic N) is 1. The molecule has 0 saturated carbocycles. The zero-order valence-electron chi connectivity index (χ0n) is 7.35. The molecule has 0 unspecified atom stereocenters. The van der Waals surface area contributed by atoms with Gasteiger partial charge in [-0.25, -0.2) is 8.78 Å². The summed E-state index contributed by atoms with van der Waals surface area (Å²) in [4.78, 5) is 4.01. The molecule has 0 spiro atoms. The molecule has 2 rings (SSSR count). The van der Waals surface area contributed by atoms with Gasteiger partial charge in [0.15, 0.2) is 5.96 Å². The van der Waals surface area contributed by atoms with E-state index >= 15 is 0 Å². The SMILES string of the molecule is Fc1ccc(F)c(NC2=NCCN2)c1. The molecular formula is C9H9F2N3. The fourth-order valence-electron chi connectivity index (χ4n) is 1.20. The van der Waals surface area contributed by atoms with Crippen LogP contribution in [0.15, 0.2) is 23.2 Å². The first kappa shape index (κ1) is 8.93. The lowest BCUT2D eigenvalue weighted by Gasteiger charge is -2.07. The quantitative estimate of drug-likeness (QED) is 0.712. The van der Waals surface area contributed by atoms with Crippen LogP contribution in [0.2, 0.25) is 0 Å². The van der Waals surface area contributed by atoms with Crippen molar-refractivity contribution in [2.75, 3.05) is 18.4 Å². The first-order valence-corrected chi connectivity index (χ1v) is 4.26. The Morgan fingerprint density at radius 2 is 2.21 bits per heavy atom. The molecule has 2 N–H and O–H groups in total. The summed E-state index contributed by atoms with van der Waals surface area (Å²) in [5.74, 6) is -0.496. The fraction of sp³-hybridized carbons (Fsp3) is 0.222. The maximum Gasteiger partial charge on any atom is 0.196 e. The van der Waals surface area contributed by atoms with Gasteiger partial charge in [-0.1, -0.05) is 0 Å². The Hall–Kier alpha value is -1.65. The second-order valence-electron chi connectivity index (χ2n) is 2.91. The first-order chi connectivity index (χ1) is 6.75. The summed E-state index contributed by atoms with van der Waals surface area (Å²) >= 11 is 0. The van der Waals surface area contributed by atoms with Crippen molar-refractivity contribution in [2.24, 2.45) is 4.99 Å². The zero-order valence-corrected chi connectivity index (χ0v) is 7.35. The van der Waals surface area contributed by atoms with Crippen LogP contribution in [0, 0.1) is 11.6 Å².